The summed E-state index contributed by atoms with van der Waals surface area (Å²) in [4.78, 5) is 11.8. The highest BCUT2D eigenvalue weighted by Crippen LogP contribution is 2.44. The number of carbonyl (C=O) groups excluding carboxylic acids is 1. The van der Waals surface area contributed by atoms with Crippen molar-refractivity contribution in [3.63, 3.8) is 0 Å². The van der Waals surface area contributed by atoms with Gasteiger partial charge in [0.15, 0.2) is 5.54 Å². The van der Waals surface area contributed by atoms with Gasteiger partial charge in [-0.15, -0.1) is 0 Å². The molecular weight excluding hydrogens is 361 g/mol. The van der Waals surface area contributed by atoms with Gasteiger partial charge in [0.05, 0.1) is 10.2 Å². The van der Waals surface area contributed by atoms with Crippen molar-refractivity contribution in [3.05, 3.63) is 28.0 Å². The Hall–Kier alpha value is -1.68. The van der Waals surface area contributed by atoms with E-state index in [1.165, 1.54) is 6.07 Å². The van der Waals surface area contributed by atoms with Gasteiger partial charge in [0, 0.05) is 18.4 Å². The number of anilines is 1. The van der Waals surface area contributed by atoms with Crippen LogP contribution in [0.15, 0.2) is 16.6 Å². The molecule has 3 nitrogen and oxygen atoms in total. The summed E-state index contributed by atoms with van der Waals surface area (Å²) in [5, 5.41) is 4.61. The number of hydrogen-bond donors (Lipinski definition) is 2. The third-order valence-electron chi connectivity index (χ3n) is 3.71. The lowest BCUT2D eigenvalue weighted by Gasteiger charge is -2.39. The first-order chi connectivity index (χ1) is 10.2. The van der Waals surface area contributed by atoms with Gasteiger partial charge in [0.25, 0.3) is 5.92 Å². The van der Waals surface area contributed by atoms with Crippen LogP contribution in [-0.4, -0.2) is 12.0 Å². The zero-order chi connectivity index (χ0) is 16.1. The molecule has 22 heavy (non-hydrogen) atoms. The molecule has 2 aliphatic rings. The lowest BCUT2D eigenvalue weighted by atomic mass is 9.82. The van der Waals surface area contributed by atoms with E-state index in [1.54, 1.807) is 0 Å². The maximum absolute atomic E-state index is 14.3. The van der Waals surface area contributed by atoms with Gasteiger partial charge in [0.1, 0.15) is 5.82 Å². The van der Waals surface area contributed by atoms with E-state index in [-0.39, 0.29) is 21.6 Å². The fraction of sp³-hybridized carbons (Fsp3) is 0.400. The number of fused-ring (bicyclic) bond motifs is 1. The van der Waals surface area contributed by atoms with Gasteiger partial charge in [-0.05, 0) is 40.9 Å². The molecule has 1 heterocycles. The molecule has 1 saturated carbocycles. The van der Waals surface area contributed by atoms with Crippen LogP contribution in [0.3, 0.4) is 0 Å². The minimum absolute atomic E-state index is 0.0646. The van der Waals surface area contributed by atoms with Gasteiger partial charge in [-0.1, -0.05) is 11.8 Å². The van der Waals surface area contributed by atoms with E-state index in [2.05, 4.69) is 38.4 Å². The second-order valence-corrected chi connectivity index (χ2v) is 6.43. The maximum Gasteiger partial charge on any atom is 0.320 e. The number of amides is 2. The molecule has 7 heteroatoms. The summed E-state index contributed by atoms with van der Waals surface area (Å²) in [5.74, 6) is 1.26. The number of rotatable bonds is 1. The summed E-state index contributed by atoms with van der Waals surface area (Å²) in [6.45, 7) is 0.671. The summed E-state index contributed by atoms with van der Waals surface area (Å²) in [6.07, 6.45) is 1.71. The van der Waals surface area contributed by atoms with Crippen LogP contribution >= 0.6 is 15.9 Å². The number of alkyl halides is 2. The van der Waals surface area contributed by atoms with E-state index in [4.69, 9.17) is 0 Å². The largest absolute Gasteiger partial charge is 0.320 e. The van der Waals surface area contributed by atoms with E-state index in [0.717, 1.165) is 18.9 Å². The van der Waals surface area contributed by atoms with Crippen LogP contribution < -0.4 is 10.6 Å². The summed E-state index contributed by atoms with van der Waals surface area (Å²) < 4.78 is 42.6. The Kier molecular flexibility index (Phi) is 3.40. The van der Waals surface area contributed by atoms with Crippen molar-refractivity contribution >= 4 is 27.6 Å². The minimum Gasteiger partial charge on any atom is -0.312 e. The summed E-state index contributed by atoms with van der Waals surface area (Å²) >= 11 is 2.98. The van der Waals surface area contributed by atoms with Gasteiger partial charge in [-0.3, -0.25) is 0 Å². The van der Waals surface area contributed by atoms with Crippen LogP contribution in [0.5, 0.6) is 0 Å². The molecule has 1 aromatic carbocycles. The molecule has 2 amide bonds. The Labute approximate surface area is 133 Å². The van der Waals surface area contributed by atoms with Crippen LogP contribution in [0.4, 0.5) is 23.7 Å². The Morgan fingerprint density at radius 2 is 2.09 bits per heavy atom. The zero-order valence-corrected chi connectivity index (χ0v) is 13.2. The van der Waals surface area contributed by atoms with Crippen molar-refractivity contribution in [2.24, 2.45) is 5.92 Å². The average molecular weight is 373 g/mol. The average Bonchev–Trinajstić information content (AvgIpc) is 3.21. The quantitative estimate of drug-likeness (QED) is 0.719. The highest BCUT2D eigenvalue weighted by atomic mass is 79.9. The van der Waals surface area contributed by atoms with Crippen LogP contribution in [0.2, 0.25) is 0 Å². The molecule has 0 unspecified atom stereocenters. The number of halogens is 4. The number of urea groups is 1. The van der Waals surface area contributed by atoms with Crippen molar-refractivity contribution in [2.45, 2.75) is 31.2 Å². The molecule has 1 fully saturated rings. The topological polar surface area (TPSA) is 41.1 Å². The molecule has 1 atom stereocenters. The van der Waals surface area contributed by atoms with Crippen molar-refractivity contribution < 1.29 is 18.0 Å². The van der Waals surface area contributed by atoms with E-state index in [1.807, 2.05) is 0 Å². The smallest absolute Gasteiger partial charge is 0.312 e. The van der Waals surface area contributed by atoms with E-state index < -0.39 is 23.3 Å². The van der Waals surface area contributed by atoms with Crippen molar-refractivity contribution in [1.82, 2.24) is 5.32 Å². The minimum atomic E-state index is -3.39. The molecule has 1 aliphatic heterocycles. The normalized spacial score (nSPS) is 23.8. The number of hydrogen-bond acceptors (Lipinski definition) is 1. The fourth-order valence-corrected chi connectivity index (χ4v) is 2.69. The van der Waals surface area contributed by atoms with Crippen LogP contribution in [-0.2, 0) is 5.54 Å². The Morgan fingerprint density at radius 3 is 2.68 bits per heavy atom. The van der Waals surface area contributed by atoms with Gasteiger partial charge < -0.3 is 10.6 Å². The van der Waals surface area contributed by atoms with Gasteiger partial charge in [-0.2, -0.15) is 0 Å². The number of benzene rings is 1. The molecule has 2 N–H and O–H groups in total. The molecule has 0 bridgehead atoms. The lowest BCUT2D eigenvalue weighted by Crippen LogP contribution is -2.59. The third-order valence-corrected chi connectivity index (χ3v) is 4.32. The molecule has 3 rings (SSSR count). The van der Waals surface area contributed by atoms with Crippen molar-refractivity contribution in [2.75, 3.05) is 5.32 Å². The third kappa shape index (κ3) is 2.45. The first-order valence-corrected chi connectivity index (χ1v) is 7.51. The summed E-state index contributed by atoms with van der Waals surface area (Å²) in [5.41, 5.74) is -2.20. The SMILES string of the molecule is CC(F)(F)[C@]1(C#CC2CC2)NC(=O)Nc2cc(Br)c(F)cc21. The highest BCUT2D eigenvalue weighted by Gasteiger charge is 2.55. The fourth-order valence-electron chi connectivity index (χ4n) is 2.34. The Morgan fingerprint density at radius 1 is 1.41 bits per heavy atom. The molecular formula is C15H12BrF3N2O. The molecule has 0 radical (unpaired) electrons. The predicted molar refractivity (Wildman–Crippen MR) is 79.1 cm³/mol. The summed E-state index contributed by atoms with van der Waals surface area (Å²) in [7, 11) is 0. The molecule has 0 saturated heterocycles. The standard InChI is InChI=1S/C15H12BrF3N2O/c1-14(18,19)15(5-4-8-2-3-8)9-6-11(17)10(16)7-12(9)20-13(22)21-15/h6-8H,2-3H2,1H3,(H2,20,21,22)/t15-/m1/s1. The predicted octanol–water partition coefficient (Wildman–Crippen LogP) is 3.99. The molecule has 0 aromatic heterocycles. The van der Waals surface area contributed by atoms with Gasteiger partial charge >= 0.3 is 6.03 Å². The van der Waals surface area contributed by atoms with Gasteiger partial charge in [-0.25, -0.2) is 18.0 Å². The molecule has 1 aromatic rings. The summed E-state index contributed by atoms with van der Waals surface area (Å²) in [6, 6.07) is 1.45. The highest BCUT2D eigenvalue weighted by molar-refractivity contribution is 9.10. The van der Waals surface area contributed by atoms with Gasteiger partial charge in [0.2, 0.25) is 0 Å². The van der Waals surface area contributed by atoms with Crippen LogP contribution in [0, 0.1) is 23.6 Å². The first-order valence-electron chi connectivity index (χ1n) is 6.72. The molecule has 1 aliphatic carbocycles. The Balaban J connectivity index is 2.24. The van der Waals surface area contributed by atoms with E-state index in [0.29, 0.717) is 6.92 Å². The zero-order valence-electron chi connectivity index (χ0n) is 11.6. The first kappa shape index (κ1) is 15.2. The van der Waals surface area contributed by atoms with Crippen LogP contribution in [0.25, 0.3) is 0 Å². The second kappa shape index (κ2) is 4.92. The van der Waals surface area contributed by atoms with Crippen molar-refractivity contribution in [1.29, 1.82) is 0 Å². The monoisotopic (exact) mass is 372 g/mol. The lowest BCUT2D eigenvalue weighted by molar-refractivity contribution is -0.0465. The molecule has 116 valence electrons. The number of nitrogens with one attached hydrogen (secondary N) is 2. The second-order valence-electron chi connectivity index (χ2n) is 5.57. The maximum atomic E-state index is 14.3. The molecule has 0 spiro atoms. The van der Waals surface area contributed by atoms with E-state index in [9.17, 15) is 18.0 Å². The van der Waals surface area contributed by atoms with Crippen molar-refractivity contribution in [3.8, 4) is 11.8 Å². The van der Waals surface area contributed by atoms with Crippen LogP contribution in [0.1, 0.15) is 25.3 Å². The van der Waals surface area contributed by atoms with E-state index >= 15 is 0 Å². The number of carbonyl (C=O) groups is 1. The Bertz CT molecular complexity index is 716.